The molecule has 0 aliphatic heterocycles. The number of nitrogens with zero attached hydrogens (tertiary/aromatic N) is 6. The number of nitriles is 1. The highest BCUT2D eigenvalue weighted by Crippen LogP contribution is 2.19. The van der Waals surface area contributed by atoms with E-state index in [4.69, 9.17) is 5.26 Å². The molecular formula is C18H18N6. The van der Waals surface area contributed by atoms with E-state index in [1.807, 2.05) is 29.8 Å². The standard InChI is InChI=1S/C18H18N6/c1-3-5-15-13(2)21-12-22-17(15)11-24-9-8-20-18(24)16-7-4-6-14(10-19)23-16/h4,6-9,12H,3,5,11H2,1-2H3. The highest BCUT2D eigenvalue weighted by Gasteiger charge is 2.13. The lowest BCUT2D eigenvalue weighted by molar-refractivity contribution is 0.743. The molecular weight excluding hydrogens is 300 g/mol. The Morgan fingerprint density at radius 2 is 2.08 bits per heavy atom. The molecule has 0 atom stereocenters. The minimum atomic E-state index is 0.381. The molecule has 6 heteroatoms. The molecule has 3 aromatic heterocycles. The molecule has 120 valence electrons. The molecule has 0 bridgehead atoms. The van der Waals surface area contributed by atoms with Crippen molar-refractivity contribution in [1.29, 1.82) is 5.26 Å². The van der Waals surface area contributed by atoms with E-state index in [2.05, 4.69) is 32.9 Å². The molecule has 0 aliphatic rings. The molecule has 3 aromatic rings. The summed E-state index contributed by atoms with van der Waals surface area (Å²) >= 11 is 0. The topological polar surface area (TPSA) is 80.3 Å². The Morgan fingerprint density at radius 1 is 1.21 bits per heavy atom. The molecule has 6 nitrogen and oxygen atoms in total. The first-order valence-corrected chi connectivity index (χ1v) is 7.91. The molecule has 0 N–H and O–H groups in total. The molecule has 0 saturated heterocycles. The summed E-state index contributed by atoms with van der Waals surface area (Å²) in [4.78, 5) is 17.5. The van der Waals surface area contributed by atoms with Crippen LogP contribution in [0.1, 0.15) is 36.0 Å². The van der Waals surface area contributed by atoms with Crippen LogP contribution in [0.5, 0.6) is 0 Å². The summed E-state index contributed by atoms with van der Waals surface area (Å²) < 4.78 is 2.00. The first-order valence-electron chi connectivity index (χ1n) is 7.91. The maximum absolute atomic E-state index is 9.03. The van der Waals surface area contributed by atoms with Crippen LogP contribution in [0.25, 0.3) is 11.5 Å². The van der Waals surface area contributed by atoms with Crippen LogP contribution in [0.2, 0.25) is 0 Å². The van der Waals surface area contributed by atoms with E-state index in [9.17, 15) is 0 Å². The second-order valence-electron chi connectivity index (χ2n) is 5.53. The zero-order chi connectivity index (χ0) is 16.9. The van der Waals surface area contributed by atoms with Gasteiger partial charge in [0.1, 0.15) is 23.8 Å². The van der Waals surface area contributed by atoms with Crippen molar-refractivity contribution < 1.29 is 0 Å². The van der Waals surface area contributed by atoms with Gasteiger partial charge in [-0.3, -0.25) is 0 Å². The monoisotopic (exact) mass is 318 g/mol. The first-order chi connectivity index (χ1) is 11.7. The third-order valence-electron chi connectivity index (χ3n) is 3.88. The Morgan fingerprint density at radius 3 is 2.88 bits per heavy atom. The summed E-state index contributed by atoms with van der Waals surface area (Å²) in [6.07, 6.45) is 7.25. The van der Waals surface area contributed by atoms with E-state index in [1.165, 1.54) is 5.56 Å². The molecule has 0 unspecified atom stereocenters. The smallest absolute Gasteiger partial charge is 0.159 e. The van der Waals surface area contributed by atoms with Crippen LogP contribution >= 0.6 is 0 Å². The van der Waals surface area contributed by atoms with Gasteiger partial charge in [-0.2, -0.15) is 5.26 Å². The van der Waals surface area contributed by atoms with E-state index in [-0.39, 0.29) is 0 Å². The van der Waals surface area contributed by atoms with Crippen LogP contribution < -0.4 is 0 Å². The number of rotatable bonds is 5. The second kappa shape index (κ2) is 7.01. The third kappa shape index (κ3) is 3.15. The van der Waals surface area contributed by atoms with Crippen molar-refractivity contribution in [2.75, 3.05) is 0 Å². The highest BCUT2D eigenvalue weighted by molar-refractivity contribution is 5.51. The SMILES string of the molecule is CCCc1c(C)ncnc1Cn1ccnc1-c1cccc(C#N)n1. The zero-order valence-electron chi connectivity index (χ0n) is 13.8. The maximum Gasteiger partial charge on any atom is 0.159 e. The van der Waals surface area contributed by atoms with Crippen molar-refractivity contribution in [3.8, 4) is 17.6 Å². The highest BCUT2D eigenvalue weighted by atomic mass is 15.1. The van der Waals surface area contributed by atoms with E-state index < -0.39 is 0 Å². The molecule has 0 aliphatic carbocycles. The van der Waals surface area contributed by atoms with Crippen molar-refractivity contribution in [1.82, 2.24) is 24.5 Å². The minimum Gasteiger partial charge on any atom is -0.324 e. The van der Waals surface area contributed by atoms with Gasteiger partial charge in [0.15, 0.2) is 5.82 Å². The van der Waals surface area contributed by atoms with Gasteiger partial charge >= 0.3 is 0 Å². The first kappa shape index (κ1) is 15.8. The quantitative estimate of drug-likeness (QED) is 0.722. The molecule has 3 heterocycles. The van der Waals surface area contributed by atoms with Crippen LogP contribution in [0.15, 0.2) is 36.9 Å². The van der Waals surface area contributed by atoms with E-state index in [0.717, 1.165) is 30.1 Å². The van der Waals surface area contributed by atoms with Gasteiger partial charge in [0, 0.05) is 18.1 Å². The predicted octanol–water partition coefficient (Wildman–Crippen LogP) is 2.92. The van der Waals surface area contributed by atoms with Gasteiger partial charge in [-0.1, -0.05) is 19.4 Å². The molecule has 0 spiro atoms. The third-order valence-corrected chi connectivity index (χ3v) is 3.88. The average Bonchev–Trinajstić information content (AvgIpc) is 3.06. The molecule has 0 saturated carbocycles. The van der Waals surface area contributed by atoms with Gasteiger partial charge in [0.2, 0.25) is 0 Å². The molecule has 0 radical (unpaired) electrons. The molecule has 0 fully saturated rings. The fraction of sp³-hybridized carbons (Fsp3) is 0.278. The summed E-state index contributed by atoms with van der Waals surface area (Å²) in [6.45, 7) is 4.77. The Hall–Kier alpha value is -3.07. The number of pyridine rings is 1. The van der Waals surface area contributed by atoms with Crippen molar-refractivity contribution in [2.24, 2.45) is 0 Å². The molecule has 24 heavy (non-hydrogen) atoms. The maximum atomic E-state index is 9.03. The predicted molar refractivity (Wildman–Crippen MR) is 90.0 cm³/mol. The van der Waals surface area contributed by atoms with Crippen molar-refractivity contribution in [2.45, 2.75) is 33.2 Å². The van der Waals surface area contributed by atoms with E-state index >= 15 is 0 Å². The van der Waals surface area contributed by atoms with Crippen molar-refractivity contribution in [3.05, 3.63) is 59.6 Å². The largest absolute Gasteiger partial charge is 0.324 e. The lowest BCUT2D eigenvalue weighted by Crippen LogP contribution is -2.09. The van der Waals surface area contributed by atoms with Crippen LogP contribution in [0.4, 0.5) is 0 Å². The fourth-order valence-corrected chi connectivity index (χ4v) is 2.71. The van der Waals surface area contributed by atoms with E-state index in [0.29, 0.717) is 17.9 Å². The van der Waals surface area contributed by atoms with Gasteiger partial charge in [-0.25, -0.2) is 19.9 Å². The number of aryl methyl sites for hydroxylation is 1. The summed E-state index contributed by atoms with van der Waals surface area (Å²) in [6, 6.07) is 7.42. The van der Waals surface area contributed by atoms with Gasteiger partial charge < -0.3 is 4.57 Å². The van der Waals surface area contributed by atoms with Gasteiger partial charge in [-0.15, -0.1) is 0 Å². The Labute approximate surface area is 140 Å². The fourth-order valence-electron chi connectivity index (χ4n) is 2.71. The number of hydrogen-bond donors (Lipinski definition) is 0. The van der Waals surface area contributed by atoms with Gasteiger partial charge in [-0.05, 0) is 31.0 Å². The summed E-state index contributed by atoms with van der Waals surface area (Å²) in [5.74, 6) is 0.728. The van der Waals surface area contributed by atoms with Crippen molar-refractivity contribution in [3.63, 3.8) is 0 Å². The Kier molecular flexibility index (Phi) is 4.62. The Balaban J connectivity index is 1.98. The summed E-state index contributed by atoms with van der Waals surface area (Å²) in [5.41, 5.74) is 4.28. The average molecular weight is 318 g/mol. The molecule has 0 aromatic carbocycles. The Bertz CT molecular complexity index is 891. The van der Waals surface area contributed by atoms with Crippen LogP contribution in [-0.2, 0) is 13.0 Å². The van der Waals surface area contributed by atoms with E-state index in [1.54, 1.807) is 18.6 Å². The second-order valence-corrected chi connectivity index (χ2v) is 5.53. The lowest BCUT2D eigenvalue weighted by Gasteiger charge is -2.12. The van der Waals surface area contributed by atoms with Gasteiger partial charge in [0.05, 0.1) is 12.2 Å². The van der Waals surface area contributed by atoms with Crippen LogP contribution in [-0.4, -0.2) is 24.5 Å². The minimum absolute atomic E-state index is 0.381. The number of imidazole rings is 1. The lowest BCUT2D eigenvalue weighted by atomic mass is 10.1. The van der Waals surface area contributed by atoms with Crippen molar-refractivity contribution >= 4 is 0 Å². The summed E-state index contributed by atoms with van der Waals surface area (Å²) in [7, 11) is 0. The summed E-state index contributed by atoms with van der Waals surface area (Å²) in [5, 5.41) is 9.03. The normalized spacial score (nSPS) is 10.5. The van der Waals surface area contributed by atoms with Gasteiger partial charge in [0.25, 0.3) is 0 Å². The molecule has 3 rings (SSSR count). The van der Waals surface area contributed by atoms with Crippen LogP contribution in [0, 0.1) is 18.3 Å². The number of hydrogen-bond acceptors (Lipinski definition) is 5. The van der Waals surface area contributed by atoms with Crippen LogP contribution in [0.3, 0.4) is 0 Å². The molecule has 0 amide bonds. The zero-order valence-corrected chi connectivity index (χ0v) is 13.8. The number of aromatic nitrogens is 5.